The molecule has 10 nitrogen and oxygen atoms in total. The van der Waals surface area contributed by atoms with E-state index in [9.17, 15) is 4.79 Å². The third kappa shape index (κ3) is 6.07. The first-order valence-electron chi connectivity index (χ1n) is 12.0. The first-order chi connectivity index (χ1) is 17.4. The summed E-state index contributed by atoms with van der Waals surface area (Å²) in [5.41, 5.74) is 3.48. The fraction of sp³-hybridized carbons (Fsp3) is 0.346. The zero-order chi connectivity index (χ0) is 25.5. The zero-order valence-electron chi connectivity index (χ0n) is 21.1. The van der Waals surface area contributed by atoms with Crippen molar-refractivity contribution in [1.29, 1.82) is 0 Å². The monoisotopic (exact) mass is 488 g/mol. The van der Waals surface area contributed by atoms with E-state index in [4.69, 9.17) is 9.72 Å². The summed E-state index contributed by atoms with van der Waals surface area (Å²) in [5.74, 6) is 2.03. The molecular formula is C26H32N8O2. The second-order valence-electron chi connectivity index (χ2n) is 8.85. The van der Waals surface area contributed by atoms with Gasteiger partial charge in [-0.2, -0.15) is 5.21 Å². The van der Waals surface area contributed by atoms with E-state index >= 15 is 0 Å². The number of imidazole rings is 1. The number of rotatable bonds is 10. The number of nitrogens with one attached hydrogen (secondary N) is 2. The molecule has 4 aromatic rings. The van der Waals surface area contributed by atoms with Crippen LogP contribution in [-0.4, -0.2) is 55.2 Å². The molecule has 0 spiro atoms. The fourth-order valence-corrected chi connectivity index (χ4v) is 3.88. The summed E-state index contributed by atoms with van der Waals surface area (Å²) in [6, 6.07) is 15.2. The van der Waals surface area contributed by atoms with Crippen LogP contribution >= 0.6 is 0 Å². The van der Waals surface area contributed by atoms with Crippen molar-refractivity contribution in [2.45, 2.75) is 45.8 Å². The van der Waals surface area contributed by atoms with Crippen molar-refractivity contribution < 1.29 is 9.53 Å². The minimum absolute atomic E-state index is 0.223. The van der Waals surface area contributed by atoms with Gasteiger partial charge >= 0.3 is 6.03 Å². The molecule has 2 amide bonds. The Bertz CT molecular complexity index is 1270. The molecule has 1 atom stereocenters. The lowest BCUT2D eigenvalue weighted by Gasteiger charge is -2.20. The molecule has 2 N–H and O–H groups in total. The lowest BCUT2D eigenvalue weighted by molar-refractivity contribution is 0.230. The van der Waals surface area contributed by atoms with Crippen LogP contribution in [0.4, 0.5) is 10.5 Å². The normalized spacial score (nSPS) is 11.8. The SMILES string of the molecule is CCCCc1nc(C)cn1Cc1ccc(OC(c2ccccc2)c2nn[nH]n2)cc1NC(=O)N(C)C. The van der Waals surface area contributed by atoms with Crippen molar-refractivity contribution in [1.82, 2.24) is 35.1 Å². The molecule has 10 heteroatoms. The molecule has 1 unspecified atom stereocenters. The zero-order valence-corrected chi connectivity index (χ0v) is 21.1. The molecule has 0 saturated carbocycles. The van der Waals surface area contributed by atoms with Crippen LogP contribution in [0.25, 0.3) is 0 Å². The molecular weight excluding hydrogens is 456 g/mol. The summed E-state index contributed by atoms with van der Waals surface area (Å²) in [4.78, 5) is 18.8. The number of ether oxygens (including phenoxy) is 1. The van der Waals surface area contributed by atoms with Gasteiger partial charge in [-0.25, -0.2) is 9.78 Å². The number of carbonyl (C=O) groups is 1. The minimum atomic E-state index is -0.565. The van der Waals surface area contributed by atoms with Crippen LogP contribution in [0.2, 0.25) is 0 Å². The first-order valence-corrected chi connectivity index (χ1v) is 12.0. The molecule has 2 aromatic heterocycles. The van der Waals surface area contributed by atoms with Gasteiger partial charge in [-0.05, 0) is 25.0 Å². The highest BCUT2D eigenvalue weighted by Gasteiger charge is 2.22. The summed E-state index contributed by atoms with van der Waals surface area (Å²) < 4.78 is 8.50. The average Bonchev–Trinajstić information content (AvgIpc) is 3.52. The number of unbranched alkanes of at least 4 members (excludes halogenated alkanes) is 1. The van der Waals surface area contributed by atoms with Crippen LogP contribution in [0.3, 0.4) is 0 Å². The van der Waals surface area contributed by atoms with Crippen LogP contribution in [0.5, 0.6) is 5.75 Å². The molecule has 0 radical (unpaired) electrons. The van der Waals surface area contributed by atoms with Gasteiger partial charge in [0.1, 0.15) is 11.6 Å². The highest BCUT2D eigenvalue weighted by Crippen LogP contribution is 2.30. The lowest BCUT2D eigenvalue weighted by Crippen LogP contribution is -2.28. The molecule has 36 heavy (non-hydrogen) atoms. The predicted octanol–water partition coefficient (Wildman–Crippen LogP) is 4.36. The summed E-state index contributed by atoms with van der Waals surface area (Å²) >= 11 is 0. The van der Waals surface area contributed by atoms with Crippen molar-refractivity contribution in [2.24, 2.45) is 0 Å². The number of H-pyrrole nitrogens is 1. The standard InChI is InChI=1S/C26H32N8O2/c1-5-6-12-23-27-18(2)16-34(23)17-20-13-14-21(15-22(20)28-26(35)33(3)4)36-24(25-29-31-32-30-25)19-10-8-7-9-11-19/h7-11,13-16,24H,5-6,12,17H2,1-4H3,(H,28,35)(H,29,30,31,32). The number of aryl methyl sites for hydroxylation is 2. The fourth-order valence-electron chi connectivity index (χ4n) is 3.88. The highest BCUT2D eigenvalue weighted by molar-refractivity contribution is 5.90. The number of hydrogen-bond donors (Lipinski definition) is 2. The number of aromatic nitrogens is 6. The topological polar surface area (TPSA) is 114 Å². The van der Waals surface area contributed by atoms with Crippen LogP contribution in [0.1, 0.15) is 54.3 Å². The smallest absolute Gasteiger partial charge is 0.321 e. The van der Waals surface area contributed by atoms with E-state index in [0.29, 0.717) is 23.8 Å². The molecule has 4 rings (SSSR count). The summed E-state index contributed by atoms with van der Waals surface area (Å²) in [5, 5.41) is 17.5. The number of tetrazole rings is 1. The molecule has 0 aliphatic heterocycles. The Morgan fingerprint density at radius 3 is 2.69 bits per heavy atom. The quantitative estimate of drug-likeness (QED) is 0.343. The van der Waals surface area contributed by atoms with E-state index in [1.807, 2.05) is 55.5 Å². The van der Waals surface area contributed by atoms with Gasteiger partial charge in [0.15, 0.2) is 6.10 Å². The van der Waals surface area contributed by atoms with Crippen molar-refractivity contribution in [3.63, 3.8) is 0 Å². The number of urea groups is 1. The molecule has 188 valence electrons. The summed E-state index contributed by atoms with van der Waals surface area (Å²) in [7, 11) is 3.41. The van der Waals surface area contributed by atoms with Gasteiger partial charge in [-0.1, -0.05) is 55.0 Å². The second-order valence-corrected chi connectivity index (χ2v) is 8.85. The largest absolute Gasteiger partial charge is 0.477 e. The number of anilines is 1. The number of carbonyl (C=O) groups excluding carboxylic acids is 1. The van der Waals surface area contributed by atoms with Gasteiger partial charge in [-0.3, -0.25) is 0 Å². The number of hydrogen-bond acceptors (Lipinski definition) is 6. The van der Waals surface area contributed by atoms with Gasteiger partial charge in [0.25, 0.3) is 0 Å². The molecule has 0 bridgehead atoms. The van der Waals surface area contributed by atoms with Gasteiger partial charge in [0.05, 0.1) is 17.9 Å². The Hall–Kier alpha value is -4.21. The van der Waals surface area contributed by atoms with E-state index in [1.165, 1.54) is 4.90 Å². The maximum Gasteiger partial charge on any atom is 0.321 e. The van der Waals surface area contributed by atoms with Gasteiger partial charge in [0.2, 0.25) is 5.82 Å². The van der Waals surface area contributed by atoms with Crippen LogP contribution in [0.15, 0.2) is 54.7 Å². The average molecular weight is 489 g/mol. The third-order valence-electron chi connectivity index (χ3n) is 5.76. The van der Waals surface area contributed by atoms with Crippen LogP contribution in [0, 0.1) is 6.92 Å². The maximum atomic E-state index is 12.6. The Balaban J connectivity index is 1.66. The summed E-state index contributed by atoms with van der Waals surface area (Å²) in [6.45, 7) is 4.75. The van der Waals surface area contributed by atoms with E-state index in [0.717, 1.165) is 41.9 Å². The Morgan fingerprint density at radius 1 is 1.19 bits per heavy atom. The molecule has 2 heterocycles. The van der Waals surface area contributed by atoms with Crippen LogP contribution < -0.4 is 10.1 Å². The first kappa shape index (κ1) is 24.9. The molecule has 0 aliphatic rings. The Labute approximate surface area is 210 Å². The second kappa shape index (κ2) is 11.5. The summed E-state index contributed by atoms with van der Waals surface area (Å²) in [6.07, 6.45) is 4.57. The van der Waals surface area contributed by atoms with Gasteiger partial charge in [-0.15, -0.1) is 10.2 Å². The predicted molar refractivity (Wildman–Crippen MR) is 137 cm³/mol. The molecule has 0 saturated heterocycles. The molecule has 2 aromatic carbocycles. The van der Waals surface area contributed by atoms with Crippen molar-refractivity contribution in [2.75, 3.05) is 19.4 Å². The number of benzene rings is 2. The lowest BCUT2D eigenvalue weighted by atomic mass is 10.1. The van der Waals surface area contributed by atoms with Gasteiger partial charge < -0.3 is 19.5 Å². The number of aromatic amines is 1. The van der Waals surface area contributed by atoms with E-state index in [2.05, 4.69) is 43.6 Å². The third-order valence-corrected chi connectivity index (χ3v) is 5.76. The Morgan fingerprint density at radius 2 is 2.00 bits per heavy atom. The van der Waals surface area contributed by atoms with E-state index in [1.54, 1.807) is 14.1 Å². The van der Waals surface area contributed by atoms with Crippen molar-refractivity contribution in [3.05, 3.63) is 83.2 Å². The minimum Gasteiger partial charge on any atom is -0.477 e. The number of amides is 2. The van der Waals surface area contributed by atoms with E-state index in [-0.39, 0.29) is 6.03 Å². The maximum absolute atomic E-state index is 12.6. The number of nitrogens with zero attached hydrogens (tertiary/aromatic N) is 6. The molecule has 0 aliphatic carbocycles. The van der Waals surface area contributed by atoms with Crippen molar-refractivity contribution in [3.8, 4) is 5.75 Å². The Kier molecular flexibility index (Phi) is 7.94. The highest BCUT2D eigenvalue weighted by atomic mass is 16.5. The van der Waals surface area contributed by atoms with Crippen LogP contribution in [-0.2, 0) is 13.0 Å². The van der Waals surface area contributed by atoms with Crippen molar-refractivity contribution >= 4 is 11.7 Å². The van der Waals surface area contributed by atoms with Gasteiger partial charge in [0, 0.05) is 38.3 Å². The van der Waals surface area contributed by atoms with E-state index < -0.39 is 6.10 Å². The molecule has 0 fully saturated rings.